The summed E-state index contributed by atoms with van der Waals surface area (Å²) in [5, 5.41) is 9.00. The molecule has 5 nitrogen and oxygen atoms in total. The fraction of sp³-hybridized carbons (Fsp3) is 0.588. The third kappa shape index (κ3) is 3.10. The molecular formula is C17H23NO4. The van der Waals surface area contributed by atoms with Crippen molar-refractivity contribution in [2.45, 2.75) is 37.8 Å². The van der Waals surface area contributed by atoms with Crippen molar-refractivity contribution in [2.75, 3.05) is 26.3 Å². The van der Waals surface area contributed by atoms with E-state index in [1.807, 2.05) is 0 Å². The van der Waals surface area contributed by atoms with Crippen LogP contribution in [0.2, 0.25) is 0 Å². The van der Waals surface area contributed by atoms with Gasteiger partial charge in [0.25, 0.3) is 0 Å². The van der Waals surface area contributed by atoms with Gasteiger partial charge in [-0.05, 0) is 44.4 Å². The van der Waals surface area contributed by atoms with Crippen molar-refractivity contribution in [1.82, 2.24) is 4.90 Å². The van der Waals surface area contributed by atoms with Gasteiger partial charge in [0.2, 0.25) is 0 Å². The normalized spacial score (nSPS) is 24.0. The van der Waals surface area contributed by atoms with E-state index >= 15 is 0 Å². The molecule has 1 aliphatic carbocycles. The van der Waals surface area contributed by atoms with Crippen molar-refractivity contribution in [2.24, 2.45) is 0 Å². The van der Waals surface area contributed by atoms with Crippen molar-refractivity contribution in [3.8, 4) is 5.75 Å². The monoisotopic (exact) mass is 305 g/mol. The molecule has 120 valence electrons. The zero-order valence-electron chi connectivity index (χ0n) is 13.0. The van der Waals surface area contributed by atoms with Crippen LogP contribution < -0.4 is 4.74 Å². The Kier molecular flexibility index (Phi) is 4.36. The second-order valence-corrected chi connectivity index (χ2v) is 6.33. The Morgan fingerprint density at radius 1 is 1.50 bits per heavy atom. The Morgan fingerprint density at radius 3 is 3.00 bits per heavy atom. The number of aromatic carboxylic acids is 1. The summed E-state index contributed by atoms with van der Waals surface area (Å²) in [5.74, 6) is -0.315. The summed E-state index contributed by atoms with van der Waals surface area (Å²) in [7, 11) is 0. The predicted octanol–water partition coefficient (Wildman–Crippen LogP) is 2.41. The third-order valence-electron chi connectivity index (χ3n) is 4.78. The lowest BCUT2D eigenvalue weighted by Gasteiger charge is -2.54. The van der Waals surface area contributed by atoms with Crippen molar-refractivity contribution < 1.29 is 19.4 Å². The SMILES string of the molecule is CC1CN(CCOc2cccc(C(=O)O)c2)C2(CCC2)CO1. The first-order valence-electron chi connectivity index (χ1n) is 7.92. The number of nitrogens with zero attached hydrogens (tertiary/aromatic N) is 1. The zero-order valence-corrected chi connectivity index (χ0v) is 13.0. The molecule has 1 aliphatic heterocycles. The fourth-order valence-corrected chi connectivity index (χ4v) is 3.31. The maximum Gasteiger partial charge on any atom is 0.335 e. The summed E-state index contributed by atoms with van der Waals surface area (Å²) < 4.78 is 11.6. The largest absolute Gasteiger partial charge is 0.492 e. The second kappa shape index (κ2) is 6.26. The Morgan fingerprint density at radius 2 is 2.32 bits per heavy atom. The minimum atomic E-state index is -0.930. The Balaban J connectivity index is 1.55. The summed E-state index contributed by atoms with van der Waals surface area (Å²) in [6, 6.07) is 6.65. The highest BCUT2D eigenvalue weighted by Gasteiger charge is 2.45. The number of hydrogen-bond donors (Lipinski definition) is 1. The molecule has 1 aromatic rings. The lowest BCUT2D eigenvalue weighted by Crippen LogP contribution is -2.63. The van der Waals surface area contributed by atoms with E-state index in [0.29, 0.717) is 12.4 Å². The first kappa shape index (κ1) is 15.3. The predicted molar refractivity (Wildman–Crippen MR) is 82.5 cm³/mol. The van der Waals surface area contributed by atoms with Crippen molar-refractivity contribution in [1.29, 1.82) is 0 Å². The van der Waals surface area contributed by atoms with Crippen LogP contribution in [-0.2, 0) is 4.74 Å². The van der Waals surface area contributed by atoms with E-state index in [1.54, 1.807) is 24.3 Å². The molecule has 1 heterocycles. The van der Waals surface area contributed by atoms with Gasteiger partial charge in [0.05, 0.1) is 18.3 Å². The van der Waals surface area contributed by atoms with Gasteiger partial charge in [0.15, 0.2) is 0 Å². The number of ether oxygens (including phenoxy) is 2. The van der Waals surface area contributed by atoms with Crippen LogP contribution in [0.15, 0.2) is 24.3 Å². The Hall–Kier alpha value is -1.59. The van der Waals surface area contributed by atoms with Crippen LogP contribution in [0.5, 0.6) is 5.75 Å². The molecule has 1 aromatic carbocycles. The Labute approximate surface area is 130 Å². The van der Waals surface area contributed by atoms with E-state index in [9.17, 15) is 4.79 Å². The number of rotatable bonds is 5. The summed E-state index contributed by atoms with van der Waals surface area (Å²) >= 11 is 0. The van der Waals surface area contributed by atoms with Crippen LogP contribution in [0, 0.1) is 0 Å². The quantitative estimate of drug-likeness (QED) is 0.905. The van der Waals surface area contributed by atoms with Crippen molar-refractivity contribution >= 4 is 5.97 Å². The molecule has 1 unspecified atom stereocenters. The molecule has 0 bridgehead atoms. The van der Waals surface area contributed by atoms with Crippen LogP contribution >= 0.6 is 0 Å². The fourth-order valence-electron chi connectivity index (χ4n) is 3.31. The molecule has 1 spiro atoms. The highest BCUT2D eigenvalue weighted by atomic mass is 16.5. The van der Waals surface area contributed by atoms with Gasteiger partial charge >= 0.3 is 5.97 Å². The van der Waals surface area contributed by atoms with Gasteiger partial charge in [0.1, 0.15) is 12.4 Å². The minimum absolute atomic E-state index is 0.221. The van der Waals surface area contributed by atoms with Gasteiger partial charge in [-0.15, -0.1) is 0 Å². The van der Waals surface area contributed by atoms with Crippen LogP contribution in [0.3, 0.4) is 0 Å². The number of carboxylic acid groups (broad SMARTS) is 1. The average Bonchev–Trinajstić information content (AvgIpc) is 2.46. The first-order chi connectivity index (χ1) is 10.6. The van der Waals surface area contributed by atoms with Crippen LogP contribution in [0.4, 0.5) is 0 Å². The number of carboxylic acids is 1. The topological polar surface area (TPSA) is 59.0 Å². The molecule has 1 atom stereocenters. The maximum absolute atomic E-state index is 11.0. The summed E-state index contributed by atoms with van der Waals surface area (Å²) in [6.07, 6.45) is 3.94. The highest BCUT2D eigenvalue weighted by molar-refractivity contribution is 5.87. The van der Waals surface area contributed by atoms with Gasteiger partial charge in [-0.3, -0.25) is 4.90 Å². The molecule has 1 N–H and O–H groups in total. The van der Waals surface area contributed by atoms with Gasteiger partial charge < -0.3 is 14.6 Å². The van der Waals surface area contributed by atoms with Crippen LogP contribution in [0.1, 0.15) is 36.5 Å². The number of carbonyl (C=O) groups is 1. The van der Waals surface area contributed by atoms with E-state index in [-0.39, 0.29) is 17.2 Å². The molecule has 2 aliphatic rings. The van der Waals surface area contributed by atoms with Gasteiger partial charge in [-0.2, -0.15) is 0 Å². The third-order valence-corrected chi connectivity index (χ3v) is 4.78. The highest BCUT2D eigenvalue weighted by Crippen LogP contribution is 2.40. The van der Waals surface area contributed by atoms with Crippen LogP contribution in [-0.4, -0.2) is 53.9 Å². The molecule has 1 saturated heterocycles. The van der Waals surface area contributed by atoms with Gasteiger partial charge in [0, 0.05) is 18.6 Å². The summed E-state index contributed by atoms with van der Waals surface area (Å²) in [6.45, 7) is 5.29. The Bertz CT molecular complexity index is 541. The van der Waals surface area contributed by atoms with Crippen molar-refractivity contribution in [3.05, 3.63) is 29.8 Å². The number of benzene rings is 1. The average molecular weight is 305 g/mol. The molecule has 3 rings (SSSR count). The lowest BCUT2D eigenvalue weighted by molar-refractivity contribution is -0.139. The smallest absolute Gasteiger partial charge is 0.335 e. The maximum atomic E-state index is 11.0. The van der Waals surface area contributed by atoms with E-state index in [0.717, 1.165) is 19.7 Å². The summed E-state index contributed by atoms with van der Waals surface area (Å²) in [4.78, 5) is 13.5. The van der Waals surface area contributed by atoms with E-state index in [2.05, 4.69) is 11.8 Å². The molecule has 0 radical (unpaired) electrons. The zero-order chi connectivity index (χ0) is 15.6. The van der Waals surface area contributed by atoms with Crippen molar-refractivity contribution in [3.63, 3.8) is 0 Å². The van der Waals surface area contributed by atoms with Gasteiger partial charge in [-0.1, -0.05) is 6.07 Å². The van der Waals surface area contributed by atoms with E-state index in [1.165, 1.54) is 19.3 Å². The minimum Gasteiger partial charge on any atom is -0.492 e. The second-order valence-electron chi connectivity index (χ2n) is 6.33. The molecule has 0 aromatic heterocycles. The standard InChI is InChI=1S/C17H23NO4/c1-13-11-18(17(12-22-13)6-3-7-17)8-9-21-15-5-2-4-14(10-15)16(19)20/h2,4-5,10,13H,3,6-9,11-12H2,1H3,(H,19,20). The molecule has 22 heavy (non-hydrogen) atoms. The molecule has 2 fully saturated rings. The first-order valence-corrected chi connectivity index (χ1v) is 7.92. The molecule has 1 saturated carbocycles. The van der Waals surface area contributed by atoms with Gasteiger partial charge in [-0.25, -0.2) is 4.79 Å². The lowest BCUT2D eigenvalue weighted by atomic mass is 9.75. The van der Waals surface area contributed by atoms with E-state index < -0.39 is 5.97 Å². The molecule has 5 heteroatoms. The number of hydrogen-bond acceptors (Lipinski definition) is 4. The number of morpholine rings is 1. The molecular weight excluding hydrogens is 282 g/mol. The summed E-state index contributed by atoms with van der Waals surface area (Å²) in [5.41, 5.74) is 0.478. The van der Waals surface area contributed by atoms with E-state index in [4.69, 9.17) is 14.6 Å². The molecule has 0 amide bonds. The van der Waals surface area contributed by atoms with Crippen LogP contribution in [0.25, 0.3) is 0 Å².